The Balaban J connectivity index is 0.958. The van der Waals surface area contributed by atoms with Crippen LogP contribution in [0, 0.1) is 0 Å². The summed E-state index contributed by atoms with van der Waals surface area (Å²) >= 11 is 0. The number of phenolic OH excluding ortho intramolecular Hbond substituents is 1. The zero-order valence-corrected chi connectivity index (χ0v) is 31.2. The van der Waals surface area contributed by atoms with E-state index >= 15 is 0 Å². The highest BCUT2D eigenvalue weighted by molar-refractivity contribution is 7.95. The van der Waals surface area contributed by atoms with E-state index in [2.05, 4.69) is 91.0 Å². The number of benzene rings is 6. The Kier molecular flexibility index (Phi) is 11.6. The number of hydrogen-bond donors (Lipinski definition) is 1. The van der Waals surface area contributed by atoms with Gasteiger partial charge in [-0.05, 0) is 85.5 Å². The first-order valence-electron chi connectivity index (χ1n) is 18.9. The van der Waals surface area contributed by atoms with Crippen molar-refractivity contribution in [3.8, 4) is 28.2 Å². The molecule has 5 aromatic rings. The molecule has 0 unspecified atom stereocenters. The topological polar surface area (TPSA) is 84.6 Å². The average Bonchev–Trinajstić information content (AvgIpc) is 3.21. The first-order chi connectivity index (χ1) is 26.5. The maximum atomic E-state index is 13.7. The lowest BCUT2D eigenvalue weighted by molar-refractivity contribution is -0.115. The number of ketones is 2. The van der Waals surface area contributed by atoms with Crippen molar-refractivity contribution in [2.45, 2.75) is 51.4 Å². The highest BCUT2D eigenvalue weighted by Gasteiger charge is 2.44. The predicted molar refractivity (Wildman–Crippen MR) is 222 cm³/mol. The molecule has 0 spiro atoms. The quantitative estimate of drug-likeness (QED) is 0.0352. The summed E-state index contributed by atoms with van der Waals surface area (Å²) in [5.74, 6) is -0.561. The molecule has 1 N–H and O–H groups in total. The van der Waals surface area contributed by atoms with Gasteiger partial charge in [0.1, 0.15) is 40.3 Å². The summed E-state index contributed by atoms with van der Waals surface area (Å²) in [6.07, 6.45) is 8.42. The maximum Gasteiger partial charge on any atom is 0.229 e. The van der Waals surface area contributed by atoms with Crippen LogP contribution in [0.25, 0.3) is 33.4 Å². The molecule has 1 heterocycles. The van der Waals surface area contributed by atoms with Crippen LogP contribution in [0.5, 0.6) is 5.75 Å². The standard InChI is InChI=1S/C48H43O5P/c49-35-28-30-42-45(33-35)53-46-34-36(50)29-31-43(46)47(42)40-25-16-17-26-41(40)48(52)44(51)27-15-4-2-1-3-5-18-32-54(37-19-9-6-10-20-37,38-21-11-7-12-22-38)39-23-13-8-14-24-39/h6-14,16-17,19-26,28-31,33-34H,1-5,15,18,27,32H2/p+1. The Morgan fingerprint density at radius 3 is 1.74 bits per heavy atom. The van der Waals surface area contributed by atoms with E-state index in [0.717, 1.165) is 44.7 Å². The normalized spacial score (nSPS) is 11.6. The summed E-state index contributed by atoms with van der Waals surface area (Å²) in [5.41, 5.74) is 2.39. The first kappa shape index (κ1) is 36.7. The lowest BCUT2D eigenvalue weighted by Gasteiger charge is -2.27. The van der Waals surface area contributed by atoms with Crippen molar-refractivity contribution >= 4 is 45.7 Å². The van der Waals surface area contributed by atoms with Gasteiger partial charge in [0.15, 0.2) is 5.43 Å². The Labute approximate surface area is 317 Å². The third-order valence-corrected chi connectivity index (χ3v) is 14.9. The molecule has 0 saturated heterocycles. The van der Waals surface area contributed by atoms with Gasteiger partial charge in [-0.2, -0.15) is 0 Å². The van der Waals surface area contributed by atoms with Crippen LogP contribution >= 0.6 is 7.26 Å². The molecule has 2 aliphatic rings. The molecule has 5 nitrogen and oxygen atoms in total. The van der Waals surface area contributed by atoms with Gasteiger partial charge in [0.2, 0.25) is 11.6 Å². The van der Waals surface area contributed by atoms with Crippen LogP contribution in [0.2, 0.25) is 0 Å². The van der Waals surface area contributed by atoms with Gasteiger partial charge < -0.3 is 9.52 Å². The van der Waals surface area contributed by atoms with E-state index in [-0.39, 0.29) is 17.6 Å². The Bertz CT molecular complexity index is 2290. The molecule has 0 bridgehead atoms. The minimum Gasteiger partial charge on any atom is -0.508 e. The highest BCUT2D eigenvalue weighted by Crippen LogP contribution is 2.56. The average molecular weight is 732 g/mol. The van der Waals surface area contributed by atoms with Gasteiger partial charge in [0, 0.05) is 40.6 Å². The van der Waals surface area contributed by atoms with Gasteiger partial charge in [-0.3, -0.25) is 14.4 Å². The molecule has 0 fully saturated rings. The van der Waals surface area contributed by atoms with E-state index in [1.165, 1.54) is 34.1 Å². The second kappa shape index (κ2) is 17.0. The fourth-order valence-electron chi connectivity index (χ4n) is 7.71. The predicted octanol–water partition coefficient (Wildman–Crippen LogP) is 10.1. The number of phenols is 1. The highest BCUT2D eigenvalue weighted by atomic mass is 31.2. The van der Waals surface area contributed by atoms with E-state index < -0.39 is 18.8 Å². The van der Waals surface area contributed by atoms with Crippen LogP contribution in [-0.2, 0) is 4.79 Å². The number of Topliss-reactive ketones (excluding diaryl/α,β-unsaturated/α-hetero) is 2. The molecule has 0 aromatic heterocycles. The summed E-state index contributed by atoms with van der Waals surface area (Å²) in [6.45, 7) is 0. The van der Waals surface area contributed by atoms with Crippen LogP contribution in [0.4, 0.5) is 0 Å². The maximum absolute atomic E-state index is 13.7. The lowest BCUT2D eigenvalue weighted by atomic mass is 9.88. The number of aromatic hydroxyl groups is 1. The van der Waals surface area contributed by atoms with Crippen LogP contribution in [0.3, 0.4) is 0 Å². The number of carbonyl (C=O) groups is 2. The Morgan fingerprint density at radius 2 is 1.11 bits per heavy atom. The molecular formula is C48H44O5P+. The number of fused-ring (bicyclic) bond motifs is 2. The van der Waals surface area contributed by atoms with Crippen molar-refractivity contribution in [3.63, 3.8) is 0 Å². The second-order valence-electron chi connectivity index (χ2n) is 13.9. The summed E-state index contributed by atoms with van der Waals surface area (Å²) in [5, 5.41) is 15.1. The summed E-state index contributed by atoms with van der Waals surface area (Å²) < 4.78 is 5.98. The molecule has 0 amide bonds. The van der Waals surface area contributed by atoms with E-state index in [9.17, 15) is 19.5 Å². The van der Waals surface area contributed by atoms with E-state index in [1.54, 1.807) is 30.3 Å². The van der Waals surface area contributed by atoms with E-state index in [4.69, 9.17) is 4.42 Å². The van der Waals surface area contributed by atoms with Crippen molar-refractivity contribution in [1.82, 2.24) is 0 Å². The summed E-state index contributed by atoms with van der Waals surface area (Å²) in [6, 6.07) is 49.5. The molecule has 0 radical (unpaired) electrons. The van der Waals surface area contributed by atoms with Gasteiger partial charge in [-0.1, -0.05) is 105 Å². The van der Waals surface area contributed by atoms with Crippen LogP contribution < -0.4 is 21.3 Å². The minimum atomic E-state index is -1.81. The largest absolute Gasteiger partial charge is 0.508 e. The van der Waals surface area contributed by atoms with Crippen LogP contribution in [0.1, 0.15) is 61.7 Å². The van der Waals surface area contributed by atoms with Crippen molar-refractivity contribution in [3.05, 3.63) is 167 Å². The first-order valence-corrected chi connectivity index (χ1v) is 20.8. The van der Waals surface area contributed by atoms with Crippen molar-refractivity contribution in [1.29, 1.82) is 0 Å². The van der Waals surface area contributed by atoms with Crippen molar-refractivity contribution in [2.75, 3.05) is 6.16 Å². The van der Waals surface area contributed by atoms with E-state index in [0.29, 0.717) is 45.4 Å². The third-order valence-electron chi connectivity index (χ3n) is 10.4. The summed E-state index contributed by atoms with van der Waals surface area (Å²) in [7, 11) is -1.81. The molecule has 1 aliphatic heterocycles. The molecule has 0 saturated carbocycles. The van der Waals surface area contributed by atoms with Crippen LogP contribution in [-0.4, -0.2) is 22.8 Å². The van der Waals surface area contributed by atoms with Crippen LogP contribution in [0.15, 0.2) is 161 Å². The molecule has 1 aliphatic carbocycles. The van der Waals surface area contributed by atoms with E-state index in [1.807, 2.05) is 12.1 Å². The fourth-order valence-corrected chi connectivity index (χ4v) is 12.1. The van der Waals surface area contributed by atoms with Crippen molar-refractivity contribution in [2.24, 2.45) is 0 Å². The Hall–Kier alpha value is -5.64. The molecular weight excluding hydrogens is 687 g/mol. The van der Waals surface area contributed by atoms with Gasteiger partial charge in [0.25, 0.3) is 0 Å². The van der Waals surface area contributed by atoms with Crippen molar-refractivity contribution < 1.29 is 19.1 Å². The van der Waals surface area contributed by atoms with Gasteiger partial charge >= 0.3 is 0 Å². The molecule has 0 atom stereocenters. The van der Waals surface area contributed by atoms with Gasteiger partial charge in [-0.15, -0.1) is 0 Å². The zero-order valence-electron chi connectivity index (χ0n) is 30.3. The summed E-state index contributed by atoms with van der Waals surface area (Å²) in [4.78, 5) is 39.2. The SMILES string of the molecule is O=C(CCCCCCCCC[P+](c1ccccc1)(c1ccccc1)c1ccccc1)C(=O)c1ccccc1-c1c2ccc(=O)cc-2oc2cc(O)ccc12. The number of rotatable bonds is 16. The number of carbonyl (C=O) groups excluding carboxylic acids is 2. The monoisotopic (exact) mass is 731 g/mol. The molecule has 7 rings (SSSR count). The molecule has 54 heavy (non-hydrogen) atoms. The minimum absolute atomic E-state index is 0.0203. The fraction of sp³-hybridized carbons (Fsp3) is 0.188. The molecule has 6 heteroatoms. The number of unbranched alkanes of at least 4 members (excludes halogenated alkanes) is 6. The van der Waals surface area contributed by atoms with Gasteiger partial charge in [-0.25, -0.2) is 0 Å². The Morgan fingerprint density at radius 1 is 0.556 bits per heavy atom. The zero-order chi connectivity index (χ0) is 37.3. The number of hydrogen-bond acceptors (Lipinski definition) is 5. The molecule has 5 aromatic carbocycles. The smallest absolute Gasteiger partial charge is 0.229 e. The molecule has 270 valence electrons. The second-order valence-corrected chi connectivity index (χ2v) is 17.5. The third kappa shape index (κ3) is 7.83. The van der Waals surface area contributed by atoms with Gasteiger partial charge in [0.05, 0.1) is 6.16 Å². The lowest BCUT2D eigenvalue weighted by Crippen LogP contribution is -2.33.